The van der Waals surface area contributed by atoms with Crippen molar-refractivity contribution in [2.24, 2.45) is 5.73 Å². The summed E-state index contributed by atoms with van der Waals surface area (Å²) in [5.74, 6) is 0. The van der Waals surface area contributed by atoms with E-state index in [0.717, 1.165) is 6.54 Å². The summed E-state index contributed by atoms with van der Waals surface area (Å²) in [4.78, 5) is 2.64. The summed E-state index contributed by atoms with van der Waals surface area (Å²) < 4.78 is 0. The summed E-state index contributed by atoms with van der Waals surface area (Å²) in [6, 6.07) is 9.31. The number of anilines is 1. The lowest BCUT2D eigenvalue weighted by Crippen LogP contribution is -2.56. The molecule has 0 radical (unpaired) electrons. The van der Waals surface area contributed by atoms with Gasteiger partial charge in [0.05, 0.1) is 5.54 Å². The van der Waals surface area contributed by atoms with E-state index in [1.165, 1.54) is 50.0 Å². The monoisotopic (exact) mass is 259 g/mol. The highest BCUT2D eigenvalue weighted by atomic mass is 15.3. The van der Waals surface area contributed by atoms with E-state index >= 15 is 0 Å². The summed E-state index contributed by atoms with van der Waals surface area (Å²) in [5, 5.41) is 3.76. The summed E-state index contributed by atoms with van der Waals surface area (Å²) in [7, 11) is 0. The van der Waals surface area contributed by atoms with Crippen LogP contribution in [0.3, 0.4) is 0 Å². The van der Waals surface area contributed by atoms with Crippen LogP contribution in [0.4, 0.5) is 5.69 Å². The molecule has 2 aliphatic heterocycles. The third-order valence-corrected chi connectivity index (χ3v) is 4.91. The molecule has 3 N–H and O–H groups in total. The Labute approximate surface area is 116 Å². The summed E-state index contributed by atoms with van der Waals surface area (Å²) in [6.45, 7) is 5.30. The Morgan fingerprint density at radius 2 is 2.05 bits per heavy atom. The summed E-state index contributed by atoms with van der Waals surface area (Å²) in [6.07, 6.45) is 5.15. The second kappa shape index (κ2) is 5.14. The van der Waals surface area contributed by atoms with Gasteiger partial charge in [0, 0.05) is 24.8 Å². The number of fused-ring (bicyclic) bond motifs is 1. The third kappa shape index (κ3) is 2.37. The number of benzene rings is 1. The Hall–Kier alpha value is -1.06. The zero-order valence-electron chi connectivity index (χ0n) is 11.9. The fourth-order valence-electron chi connectivity index (χ4n) is 3.75. The standard InChI is InChI=1S/C16H25N3/c1-13-5-7-14(8-6-13)18-16(12-17)9-11-19-10-3-2-4-15(16)19/h5-8,15,18H,2-4,9-12,17H2,1H3. The van der Waals surface area contributed by atoms with Crippen LogP contribution in [-0.2, 0) is 0 Å². The highest BCUT2D eigenvalue weighted by molar-refractivity contribution is 5.48. The molecule has 0 amide bonds. The van der Waals surface area contributed by atoms with Gasteiger partial charge in [0.15, 0.2) is 0 Å². The van der Waals surface area contributed by atoms with E-state index in [-0.39, 0.29) is 5.54 Å². The quantitative estimate of drug-likeness (QED) is 0.875. The number of piperidine rings is 1. The van der Waals surface area contributed by atoms with E-state index in [1.807, 2.05) is 0 Å². The Kier molecular flexibility index (Phi) is 3.50. The molecule has 2 saturated heterocycles. The maximum Gasteiger partial charge on any atom is 0.0662 e. The predicted molar refractivity (Wildman–Crippen MR) is 80.4 cm³/mol. The number of hydrogen-bond donors (Lipinski definition) is 2. The van der Waals surface area contributed by atoms with Gasteiger partial charge in [-0.1, -0.05) is 24.1 Å². The number of nitrogens with zero attached hydrogens (tertiary/aromatic N) is 1. The molecule has 0 bridgehead atoms. The maximum absolute atomic E-state index is 6.16. The lowest BCUT2D eigenvalue weighted by molar-refractivity contribution is 0.167. The van der Waals surface area contributed by atoms with E-state index in [1.54, 1.807) is 0 Å². The fourth-order valence-corrected chi connectivity index (χ4v) is 3.75. The van der Waals surface area contributed by atoms with Crippen LogP contribution in [0, 0.1) is 6.92 Å². The molecule has 19 heavy (non-hydrogen) atoms. The van der Waals surface area contributed by atoms with Gasteiger partial charge in [0.1, 0.15) is 0 Å². The molecule has 0 aromatic heterocycles. The van der Waals surface area contributed by atoms with Gasteiger partial charge in [-0.15, -0.1) is 0 Å². The average Bonchev–Trinajstić information content (AvgIpc) is 2.81. The van der Waals surface area contributed by atoms with Gasteiger partial charge in [-0.25, -0.2) is 0 Å². The highest BCUT2D eigenvalue weighted by Crippen LogP contribution is 2.37. The van der Waals surface area contributed by atoms with Crippen LogP contribution in [0.1, 0.15) is 31.2 Å². The van der Waals surface area contributed by atoms with Crippen LogP contribution in [0.25, 0.3) is 0 Å². The first-order valence-electron chi connectivity index (χ1n) is 7.52. The van der Waals surface area contributed by atoms with Crippen molar-refractivity contribution >= 4 is 5.69 Å². The minimum Gasteiger partial charge on any atom is -0.377 e. The van der Waals surface area contributed by atoms with Crippen molar-refractivity contribution in [2.45, 2.75) is 44.2 Å². The molecule has 1 aromatic rings. The molecule has 0 spiro atoms. The first-order valence-corrected chi connectivity index (χ1v) is 7.52. The molecular formula is C16H25N3. The molecule has 1 aromatic carbocycles. The minimum atomic E-state index is 0.0790. The lowest BCUT2D eigenvalue weighted by atomic mass is 9.85. The minimum absolute atomic E-state index is 0.0790. The third-order valence-electron chi connectivity index (χ3n) is 4.91. The van der Waals surface area contributed by atoms with Crippen LogP contribution in [0.15, 0.2) is 24.3 Å². The van der Waals surface area contributed by atoms with Gasteiger partial charge >= 0.3 is 0 Å². The second-order valence-corrected chi connectivity index (χ2v) is 6.15. The molecule has 2 atom stereocenters. The lowest BCUT2D eigenvalue weighted by Gasteiger charge is -2.41. The molecule has 0 aliphatic carbocycles. The van der Waals surface area contributed by atoms with E-state index in [9.17, 15) is 0 Å². The molecule has 104 valence electrons. The van der Waals surface area contributed by atoms with Crippen LogP contribution in [-0.4, -0.2) is 36.1 Å². The molecule has 3 rings (SSSR count). The topological polar surface area (TPSA) is 41.3 Å². The molecule has 3 nitrogen and oxygen atoms in total. The zero-order chi connectivity index (χ0) is 13.3. The second-order valence-electron chi connectivity index (χ2n) is 6.15. The predicted octanol–water partition coefficient (Wildman–Crippen LogP) is 2.36. The molecular weight excluding hydrogens is 234 g/mol. The summed E-state index contributed by atoms with van der Waals surface area (Å²) in [5.41, 5.74) is 8.76. The van der Waals surface area contributed by atoms with Gasteiger partial charge in [-0.2, -0.15) is 0 Å². The van der Waals surface area contributed by atoms with Crippen molar-refractivity contribution in [2.75, 3.05) is 25.0 Å². The molecule has 2 unspecified atom stereocenters. The van der Waals surface area contributed by atoms with Gasteiger partial charge in [0.2, 0.25) is 0 Å². The van der Waals surface area contributed by atoms with Crippen molar-refractivity contribution < 1.29 is 0 Å². The first-order chi connectivity index (χ1) is 9.23. The first kappa shape index (κ1) is 12.9. The number of rotatable bonds is 3. The Morgan fingerprint density at radius 3 is 2.79 bits per heavy atom. The van der Waals surface area contributed by atoms with Gasteiger partial charge in [-0.05, 0) is 44.9 Å². The van der Waals surface area contributed by atoms with E-state index in [2.05, 4.69) is 41.4 Å². The molecule has 2 aliphatic rings. The molecule has 3 heteroatoms. The van der Waals surface area contributed by atoms with Crippen molar-refractivity contribution in [1.29, 1.82) is 0 Å². The number of aryl methyl sites for hydroxylation is 1. The zero-order valence-corrected chi connectivity index (χ0v) is 11.9. The number of nitrogens with two attached hydrogens (primary N) is 1. The van der Waals surface area contributed by atoms with Gasteiger partial charge in [-0.3, -0.25) is 4.90 Å². The smallest absolute Gasteiger partial charge is 0.0662 e. The normalized spacial score (nSPS) is 31.2. The fraction of sp³-hybridized carbons (Fsp3) is 0.625. The van der Waals surface area contributed by atoms with Crippen LogP contribution in [0.5, 0.6) is 0 Å². The Bertz CT molecular complexity index is 428. The highest BCUT2D eigenvalue weighted by Gasteiger charge is 2.46. The van der Waals surface area contributed by atoms with Gasteiger partial charge in [0.25, 0.3) is 0 Å². The number of hydrogen-bond acceptors (Lipinski definition) is 3. The maximum atomic E-state index is 6.16. The average molecular weight is 259 g/mol. The largest absolute Gasteiger partial charge is 0.377 e. The molecule has 0 saturated carbocycles. The van der Waals surface area contributed by atoms with Crippen LogP contribution >= 0.6 is 0 Å². The van der Waals surface area contributed by atoms with Gasteiger partial charge < -0.3 is 11.1 Å². The van der Waals surface area contributed by atoms with Crippen molar-refractivity contribution in [1.82, 2.24) is 4.90 Å². The van der Waals surface area contributed by atoms with E-state index in [0.29, 0.717) is 6.04 Å². The van der Waals surface area contributed by atoms with Crippen molar-refractivity contribution in [3.63, 3.8) is 0 Å². The summed E-state index contributed by atoms with van der Waals surface area (Å²) >= 11 is 0. The van der Waals surface area contributed by atoms with Crippen molar-refractivity contribution in [3.05, 3.63) is 29.8 Å². The van der Waals surface area contributed by atoms with E-state index in [4.69, 9.17) is 5.73 Å². The Balaban J connectivity index is 1.81. The van der Waals surface area contributed by atoms with E-state index < -0.39 is 0 Å². The van der Waals surface area contributed by atoms with Crippen LogP contribution < -0.4 is 11.1 Å². The Morgan fingerprint density at radius 1 is 1.26 bits per heavy atom. The van der Waals surface area contributed by atoms with Crippen molar-refractivity contribution in [3.8, 4) is 0 Å². The SMILES string of the molecule is Cc1ccc(NC2(CN)CCN3CCCCC32)cc1. The molecule has 2 fully saturated rings. The molecule has 2 heterocycles. The number of nitrogens with one attached hydrogen (secondary N) is 1. The van der Waals surface area contributed by atoms with Crippen LogP contribution in [0.2, 0.25) is 0 Å².